The number of hydrogen-bond donors (Lipinski definition) is 1. The molecule has 0 fully saturated rings. The Labute approximate surface area is 132 Å². The summed E-state index contributed by atoms with van der Waals surface area (Å²) >= 11 is 0. The summed E-state index contributed by atoms with van der Waals surface area (Å²) < 4.78 is 0. The number of carbonyl (C=O) groups excluding carboxylic acids is 1. The van der Waals surface area contributed by atoms with Crippen molar-refractivity contribution < 1.29 is 4.79 Å². The Morgan fingerprint density at radius 3 is 2.52 bits per heavy atom. The van der Waals surface area contributed by atoms with E-state index in [1.165, 1.54) is 0 Å². The van der Waals surface area contributed by atoms with Gasteiger partial charge in [-0.15, -0.1) is 0 Å². The molecule has 0 spiro atoms. The van der Waals surface area contributed by atoms with E-state index >= 15 is 0 Å². The third kappa shape index (κ3) is 1.48. The monoisotopic (exact) mass is 296 g/mol. The zero-order valence-electron chi connectivity index (χ0n) is 12.2. The molecule has 1 heterocycles. The fourth-order valence-corrected chi connectivity index (χ4v) is 3.60. The molecule has 0 bridgehead atoms. The second kappa shape index (κ2) is 4.17. The Morgan fingerprint density at radius 1 is 0.783 bits per heavy atom. The lowest BCUT2D eigenvalue weighted by Gasteiger charge is -2.21. The minimum Gasteiger partial charge on any atom is -0.398 e. The van der Waals surface area contributed by atoms with E-state index in [2.05, 4.69) is 4.98 Å². The average Bonchev–Trinajstić information content (AvgIpc) is 2.60. The topological polar surface area (TPSA) is 56.0 Å². The molecule has 1 aliphatic carbocycles. The van der Waals surface area contributed by atoms with Gasteiger partial charge in [0.15, 0.2) is 5.78 Å². The van der Waals surface area contributed by atoms with Crippen molar-refractivity contribution in [3.05, 3.63) is 71.9 Å². The van der Waals surface area contributed by atoms with Crippen LogP contribution in [0.25, 0.3) is 32.8 Å². The van der Waals surface area contributed by atoms with Gasteiger partial charge >= 0.3 is 0 Å². The summed E-state index contributed by atoms with van der Waals surface area (Å²) in [6.07, 6.45) is 1.75. The maximum atomic E-state index is 13.2. The van der Waals surface area contributed by atoms with E-state index in [9.17, 15) is 4.79 Å². The molecule has 0 saturated heterocycles. The number of hydrogen-bond acceptors (Lipinski definition) is 3. The SMILES string of the molecule is Nc1ccc2c3c(cccc13)C(=O)c1c-2ccc2ncccc12. The van der Waals surface area contributed by atoms with Crippen LogP contribution < -0.4 is 5.73 Å². The molecule has 0 aliphatic heterocycles. The number of benzene rings is 3. The zero-order chi connectivity index (χ0) is 15.6. The van der Waals surface area contributed by atoms with E-state index in [0.29, 0.717) is 11.3 Å². The maximum Gasteiger partial charge on any atom is 0.194 e. The summed E-state index contributed by atoms with van der Waals surface area (Å²) in [7, 11) is 0. The van der Waals surface area contributed by atoms with Crippen molar-refractivity contribution in [1.29, 1.82) is 0 Å². The first kappa shape index (κ1) is 12.4. The third-order valence-corrected chi connectivity index (χ3v) is 4.62. The van der Waals surface area contributed by atoms with Crippen molar-refractivity contribution in [2.75, 3.05) is 5.73 Å². The molecule has 0 radical (unpaired) electrons. The van der Waals surface area contributed by atoms with Gasteiger partial charge in [0.25, 0.3) is 0 Å². The molecule has 1 aliphatic rings. The number of nitrogens with zero attached hydrogens (tertiary/aromatic N) is 1. The van der Waals surface area contributed by atoms with Gasteiger partial charge in [-0.05, 0) is 29.3 Å². The number of rotatable bonds is 0. The first-order valence-electron chi connectivity index (χ1n) is 7.50. The summed E-state index contributed by atoms with van der Waals surface area (Å²) in [6, 6.07) is 17.5. The van der Waals surface area contributed by atoms with Crippen molar-refractivity contribution in [1.82, 2.24) is 4.98 Å². The minimum atomic E-state index is 0.0438. The molecule has 4 aromatic rings. The second-order valence-electron chi connectivity index (χ2n) is 5.82. The summed E-state index contributed by atoms with van der Waals surface area (Å²) in [5, 5.41) is 2.79. The smallest absolute Gasteiger partial charge is 0.194 e. The van der Waals surface area contributed by atoms with E-state index in [-0.39, 0.29) is 5.78 Å². The summed E-state index contributed by atoms with van der Waals surface area (Å²) in [5.41, 5.74) is 11.1. The Bertz CT molecular complexity index is 1150. The number of fused-ring (bicyclic) bond motifs is 4. The molecule has 5 rings (SSSR count). The molecule has 1 aromatic heterocycles. The van der Waals surface area contributed by atoms with Gasteiger partial charge in [-0.2, -0.15) is 0 Å². The van der Waals surface area contributed by atoms with Crippen molar-refractivity contribution in [3.8, 4) is 11.1 Å². The molecule has 3 aromatic carbocycles. The van der Waals surface area contributed by atoms with Crippen LogP contribution in [0.4, 0.5) is 5.69 Å². The number of nitrogens with two attached hydrogens (primary N) is 1. The van der Waals surface area contributed by atoms with Crippen molar-refractivity contribution in [2.24, 2.45) is 0 Å². The van der Waals surface area contributed by atoms with Gasteiger partial charge in [0, 0.05) is 39.2 Å². The molecule has 3 nitrogen and oxygen atoms in total. The van der Waals surface area contributed by atoms with Crippen molar-refractivity contribution in [2.45, 2.75) is 0 Å². The van der Waals surface area contributed by atoms with Crippen LogP contribution in [0.2, 0.25) is 0 Å². The van der Waals surface area contributed by atoms with Crippen LogP contribution in [-0.4, -0.2) is 10.8 Å². The fourth-order valence-electron chi connectivity index (χ4n) is 3.60. The minimum absolute atomic E-state index is 0.0438. The van der Waals surface area contributed by atoms with Crippen LogP contribution in [0.5, 0.6) is 0 Å². The number of nitrogen functional groups attached to an aromatic ring is 1. The highest BCUT2D eigenvalue weighted by molar-refractivity contribution is 6.30. The van der Waals surface area contributed by atoms with Gasteiger partial charge in [0.05, 0.1) is 5.52 Å². The van der Waals surface area contributed by atoms with Crippen LogP contribution in [0, 0.1) is 0 Å². The summed E-state index contributed by atoms with van der Waals surface area (Å²) in [6.45, 7) is 0. The van der Waals surface area contributed by atoms with Crippen LogP contribution in [0.15, 0.2) is 60.8 Å². The van der Waals surface area contributed by atoms with E-state index < -0.39 is 0 Å². The molecule has 0 amide bonds. The van der Waals surface area contributed by atoms with Crippen LogP contribution in [0.1, 0.15) is 15.9 Å². The number of carbonyl (C=O) groups is 1. The van der Waals surface area contributed by atoms with Crippen LogP contribution in [0.3, 0.4) is 0 Å². The molecule has 0 unspecified atom stereocenters. The van der Waals surface area contributed by atoms with E-state index in [1.807, 2.05) is 54.6 Å². The molecule has 23 heavy (non-hydrogen) atoms. The Morgan fingerprint density at radius 2 is 1.61 bits per heavy atom. The second-order valence-corrected chi connectivity index (χ2v) is 5.82. The largest absolute Gasteiger partial charge is 0.398 e. The predicted molar refractivity (Wildman–Crippen MR) is 92.5 cm³/mol. The highest BCUT2D eigenvalue weighted by Gasteiger charge is 2.27. The Hall–Kier alpha value is -3.20. The van der Waals surface area contributed by atoms with Crippen molar-refractivity contribution >= 4 is 33.1 Å². The van der Waals surface area contributed by atoms with E-state index in [1.54, 1.807) is 6.20 Å². The van der Waals surface area contributed by atoms with E-state index in [0.717, 1.165) is 38.4 Å². The third-order valence-electron chi connectivity index (χ3n) is 4.62. The van der Waals surface area contributed by atoms with Gasteiger partial charge in [0.2, 0.25) is 0 Å². The molecule has 2 N–H and O–H groups in total. The van der Waals surface area contributed by atoms with Gasteiger partial charge in [-0.3, -0.25) is 9.78 Å². The average molecular weight is 296 g/mol. The highest BCUT2D eigenvalue weighted by atomic mass is 16.1. The molecule has 108 valence electrons. The maximum absolute atomic E-state index is 13.2. The van der Waals surface area contributed by atoms with Gasteiger partial charge in [-0.1, -0.05) is 36.4 Å². The number of aromatic nitrogens is 1. The summed E-state index contributed by atoms with van der Waals surface area (Å²) in [4.78, 5) is 17.5. The standard InChI is InChI=1S/C20H12N2O/c21-16-8-6-11-12-7-9-17-14(5-2-10-22-17)19(12)20(23)15-4-1-3-13(16)18(11)15/h1-10H,21H2. The van der Waals surface area contributed by atoms with Gasteiger partial charge in [-0.25, -0.2) is 0 Å². The Balaban J connectivity index is 2.04. The van der Waals surface area contributed by atoms with Crippen LogP contribution in [-0.2, 0) is 0 Å². The Kier molecular flexibility index (Phi) is 2.24. The fraction of sp³-hybridized carbons (Fsp3) is 0. The number of pyridine rings is 1. The quantitative estimate of drug-likeness (QED) is 0.436. The first-order valence-corrected chi connectivity index (χ1v) is 7.50. The lowest BCUT2D eigenvalue weighted by molar-refractivity contribution is 0.104. The lowest BCUT2D eigenvalue weighted by Crippen LogP contribution is -2.11. The number of anilines is 1. The van der Waals surface area contributed by atoms with Gasteiger partial charge in [0.1, 0.15) is 0 Å². The van der Waals surface area contributed by atoms with Gasteiger partial charge < -0.3 is 5.73 Å². The molecule has 0 saturated carbocycles. The summed E-state index contributed by atoms with van der Waals surface area (Å²) in [5.74, 6) is 0.0438. The predicted octanol–water partition coefficient (Wildman–Crippen LogP) is 4.18. The van der Waals surface area contributed by atoms with Crippen LogP contribution >= 0.6 is 0 Å². The normalized spacial score (nSPS) is 12.6. The zero-order valence-corrected chi connectivity index (χ0v) is 12.2. The van der Waals surface area contributed by atoms with E-state index in [4.69, 9.17) is 5.73 Å². The lowest BCUT2D eigenvalue weighted by atomic mass is 9.81. The molecular weight excluding hydrogens is 284 g/mol. The highest BCUT2D eigenvalue weighted by Crippen LogP contribution is 2.43. The molecule has 0 atom stereocenters. The molecular formula is C20H12N2O. The number of ketones is 1. The van der Waals surface area contributed by atoms with Crippen molar-refractivity contribution in [3.63, 3.8) is 0 Å². The molecule has 3 heteroatoms. The first-order chi connectivity index (χ1) is 11.3.